The van der Waals surface area contributed by atoms with Crippen LogP contribution in [0, 0.1) is 0 Å². The minimum atomic E-state index is -0.541. The number of hydrogen-bond acceptors (Lipinski definition) is 4. The molecular weight excluding hydrogens is 346 g/mol. The summed E-state index contributed by atoms with van der Waals surface area (Å²) in [5, 5.41) is 14.1. The molecule has 1 heterocycles. The van der Waals surface area contributed by atoms with Gasteiger partial charge in [0, 0.05) is 11.1 Å². The van der Waals surface area contributed by atoms with Crippen LogP contribution in [0.5, 0.6) is 5.75 Å². The molecule has 1 atom stereocenters. The maximum atomic E-state index is 12.4. The fraction of sp³-hybridized carbons (Fsp3) is 0.190. The van der Waals surface area contributed by atoms with E-state index >= 15 is 0 Å². The first-order valence-corrected chi connectivity index (χ1v) is 9.45. The number of carbonyl (C=O) groups excluding carboxylic acids is 1. The number of ketones is 1. The Morgan fingerprint density at radius 2 is 1.73 bits per heavy atom. The van der Waals surface area contributed by atoms with Gasteiger partial charge in [-0.05, 0) is 35.7 Å². The van der Waals surface area contributed by atoms with Crippen LogP contribution in [0.4, 0.5) is 0 Å². The fourth-order valence-electron chi connectivity index (χ4n) is 2.57. The summed E-state index contributed by atoms with van der Waals surface area (Å²) in [5.41, 5.74) is 1.28. The zero-order chi connectivity index (χ0) is 18.2. The Morgan fingerprint density at radius 1 is 1.00 bits per heavy atom. The highest BCUT2D eigenvalue weighted by atomic mass is 32.1. The van der Waals surface area contributed by atoms with E-state index in [1.165, 1.54) is 4.88 Å². The third-order valence-corrected chi connectivity index (χ3v) is 4.86. The van der Waals surface area contributed by atoms with Gasteiger partial charge in [-0.1, -0.05) is 36.4 Å². The van der Waals surface area contributed by atoms with E-state index in [4.69, 9.17) is 4.74 Å². The van der Waals surface area contributed by atoms with Crippen molar-refractivity contribution in [1.82, 2.24) is 0 Å². The van der Waals surface area contributed by atoms with Crippen molar-refractivity contribution >= 4 is 17.1 Å². The van der Waals surface area contributed by atoms with Gasteiger partial charge in [0.2, 0.25) is 0 Å². The lowest BCUT2D eigenvalue weighted by atomic mass is 10.0. The number of rotatable bonds is 9. The normalized spacial score (nSPS) is 11.9. The van der Waals surface area contributed by atoms with Crippen LogP contribution >= 0.6 is 11.3 Å². The molecule has 0 unspecified atom stereocenters. The summed E-state index contributed by atoms with van der Waals surface area (Å²) in [6.45, 7) is 1.68. The molecular formula is C21H22NO3S+. The highest BCUT2D eigenvalue weighted by Gasteiger charge is 2.10. The van der Waals surface area contributed by atoms with E-state index in [1.807, 2.05) is 24.3 Å². The molecule has 3 N–H and O–H groups in total. The maximum Gasteiger partial charge on any atom is 0.193 e. The van der Waals surface area contributed by atoms with Gasteiger partial charge < -0.3 is 15.2 Å². The zero-order valence-electron chi connectivity index (χ0n) is 14.4. The second-order valence-electron chi connectivity index (χ2n) is 5.99. The molecule has 2 aromatic carbocycles. The third-order valence-electron chi connectivity index (χ3n) is 3.96. The van der Waals surface area contributed by atoms with Gasteiger partial charge in [0.1, 0.15) is 31.5 Å². The number of carbonyl (C=O) groups is 1. The molecule has 0 saturated heterocycles. The molecule has 0 aliphatic rings. The van der Waals surface area contributed by atoms with Gasteiger partial charge in [-0.25, -0.2) is 0 Å². The SMILES string of the molecule is O=C(c1ccccc1)c1ccc(OC[C@H](O)C[NH2+]Cc2cccs2)cc1. The summed E-state index contributed by atoms with van der Waals surface area (Å²) in [6.07, 6.45) is -0.541. The number of aliphatic hydroxyl groups excluding tert-OH is 1. The standard InChI is InChI=1S/C21H21NO3S/c23-18(13-22-14-20-7-4-12-26-20)15-25-19-10-8-17(9-11-19)21(24)16-5-2-1-3-6-16/h1-12,18,22-23H,13-15H2/p+1/t18-/m1/s1. The van der Waals surface area contributed by atoms with Crippen LogP contribution in [0.3, 0.4) is 0 Å². The van der Waals surface area contributed by atoms with Gasteiger partial charge in [0.05, 0.1) is 4.88 Å². The molecule has 0 fully saturated rings. The molecule has 4 nitrogen and oxygen atoms in total. The molecule has 3 rings (SSSR count). The van der Waals surface area contributed by atoms with Crippen molar-refractivity contribution in [1.29, 1.82) is 0 Å². The molecule has 0 aliphatic carbocycles. The topological polar surface area (TPSA) is 63.1 Å². The molecule has 0 radical (unpaired) electrons. The summed E-state index contributed by atoms with van der Waals surface area (Å²) in [7, 11) is 0. The number of quaternary nitrogens is 1. The van der Waals surface area contributed by atoms with E-state index in [2.05, 4.69) is 16.8 Å². The molecule has 26 heavy (non-hydrogen) atoms. The minimum Gasteiger partial charge on any atom is -0.491 e. The summed E-state index contributed by atoms with van der Waals surface area (Å²) in [6, 6.07) is 20.3. The molecule has 0 bridgehead atoms. The lowest BCUT2D eigenvalue weighted by Gasteiger charge is -2.11. The van der Waals surface area contributed by atoms with Crippen molar-refractivity contribution in [2.45, 2.75) is 12.6 Å². The number of benzene rings is 2. The minimum absolute atomic E-state index is 0.0136. The number of thiophene rings is 1. The van der Waals surface area contributed by atoms with Crippen molar-refractivity contribution in [2.75, 3.05) is 13.2 Å². The van der Waals surface area contributed by atoms with Gasteiger partial charge in [-0.15, -0.1) is 11.3 Å². The van der Waals surface area contributed by atoms with Crippen LogP contribution in [0.1, 0.15) is 20.8 Å². The Morgan fingerprint density at radius 3 is 2.42 bits per heavy atom. The van der Waals surface area contributed by atoms with E-state index < -0.39 is 6.10 Å². The highest BCUT2D eigenvalue weighted by Crippen LogP contribution is 2.15. The lowest BCUT2D eigenvalue weighted by Crippen LogP contribution is -2.85. The van der Waals surface area contributed by atoms with E-state index in [0.29, 0.717) is 23.4 Å². The first-order valence-electron chi connectivity index (χ1n) is 8.57. The first-order chi connectivity index (χ1) is 12.7. The van der Waals surface area contributed by atoms with Crippen LogP contribution < -0.4 is 10.1 Å². The van der Waals surface area contributed by atoms with Crippen molar-refractivity contribution < 1.29 is 20.0 Å². The van der Waals surface area contributed by atoms with Crippen LogP contribution in [-0.4, -0.2) is 30.1 Å². The molecule has 0 spiro atoms. The first kappa shape index (κ1) is 18.3. The third kappa shape index (κ3) is 5.26. The second-order valence-corrected chi connectivity index (χ2v) is 7.02. The summed E-state index contributed by atoms with van der Waals surface area (Å²) >= 11 is 1.72. The lowest BCUT2D eigenvalue weighted by molar-refractivity contribution is -0.676. The molecule has 3 aromatic rings. The van der Waals surface area contributed by atoms with Gasteiger partial charge >= 0.3 is 0 Å². The quantitative estimate of drug-likeness (QED) is 0.571. The predicted molar refractivity (Wildman–Crippen MR) is 103 cm³/mol. The largest absolute Gasteiger partial charge is 0.491 e. The monoisotopic (exact) mass is 368 g/mol. The Balaban J connectivity index is 1.44. The Bertz CT molecular complexity index is 801. The number of hydrogen-bond donors (Lipinski definition) is 2. The highest BCUT2D eigenvalue weighted by molar-refractivity contribution is 7.09. The van der Waals surface area contributed by atoms with Gasteiger partial charge in [0.25, 0.3) is 0 Å². The van der Waals surface area contributed by atoms with Crippen LogP contribution in [0.25, 0.3) is 0 Å². The Hall–Kier alpha value is -2.47. The van der Waals surface area contributed by atoms with Crippen LogP contribution in [-0.2, 0) is 6.54 Å². The average molecular weight is 368 g/mol. The number of ether oxygens (including phenoxy) is 1. The molecule has 134 valence electrons. The Kier molecular flexibility index (Phi) is 6.55. The van der Waals surface area contributed by atoms with Crippen molar-refractivity contribution in [3.05, 3.63) is 88.1 Å². The number of nitrogens with two attached hydrogens (primary N) is 1. The molecule has 0 amide bonds. The van der Waals surface area contributed by atoms with E-state index in [1.54, 1.807) is 47.7 Å². The second kappa shape index (κ2) is 9.29. The van der Waals surface area contributed by atoms with Crippen LogP contribution in [0.2, 0.25) is 0 Å². The maximum absolute atomic E-state index is 12.4. The molecule has 0 aliphatic heterocycles. The van der Waals surface area contributed by atoms with Gasteiger partial charge in [0.15, 0.2) is 5.78 Å². The molecule has 0 saturated carbocycles. The van der Waals surface area contributed by atoms with Gasteiger partial charge in [-0.3, -0.25) is 4.79 Å². The van der Waals surface area contributed by atoms with E-state index in [-0.39, 0.29) is 12.4 Å². The summed E-state index contributed by atoms with van der Waals surface area (Å²) in [5.74, 6) is 0.632. The van der Waals surface area contributed by atoms with E-state index in [9.17, 15) is 9.90 Å². The predicted octanol–water partition coefficient (Wildman–Crippen LogP) is 2.48. The van der Waals surface area contributed by atoms with E-state index in [0.717, 1.165) is 6.54 Å². The summed E-state index contributed by atoms with van der Waals surface area (Å²) < 4.78 is 5.62. The van der Waals surface area contributed by atoms with Crippen molar-refractivity contribution in [2.24, 2.45) is 0 Å². The van der Waals surface area contributed by atoms with Crippen molar-refractivity contribution in [3.63, 3.8) is 0 Å². The van der Waals surface area contributed by atoms with Gasteiger partial charge in [-0.2, -0.15) is 0 Å². The molecule has 5 heteroatoms. The van der Waals surface area contributed by atoms with Crippen molar-refractivity contribution in [3.8, 4) is 5.75 Å². The number of aliphatic hydroxyl groups is 1. The fourth-order valence-corrected chi connectivity index (χ4v) is 3.27. The zero-order valence-corrected chi connectivity index (χ0v) is 15.2. The summed E-state index contributed by atoms with van der Waals surface area (Å²) in [4.78, 5) is 13.6. The molecule has 1 aromatic heterocycles. The Labute approximate surface area is 157 Å². The van der Waals surface area contributed by atoms with Crippen LogP contribution in [0.15, 0.2) is 72.1 Å². The average Bonchev–Trinajstić information content (AvgIpc) is 3.20. The smallest absolute Gasteiger partial charge is 0.193 e.